The number of benzene rings is 1. The monoisotopic (exact) mass is 288 g/mol. The second kappa shape index (κ2) is 5.25. The van der Waals surface area contributed by atoms with E-state index in [2.05, 4.69) is 15.9 Å². The summed E-state index contributed by atoms with van der Waals surface area (Å²) in [5, 5.41) is 10.0. The van der Waals surface area contributed by atoms with Crippen LogP contribution in [-0.2, 0) is 11.2 Å². The third-order valence-electron chi connectivity index (χ3n) is 2.95. The van der Waals surface area contributed by atoms with Crippen molar-refractivity contribution in [3.8, 4) is 0 Å². The smallest absolute Gasteiger partial charge is 0.124 e. The van der Waals surface area contributed by atoms with E-state index in [1.165, 1.54) is 12.1 Å². The van der Waals surface area contributed by atoms with Crippen LogP contribution < -0.4 is 0 Å². The van der Waals surface area contributed by atoms with Gasteiger partial charge < -0.3 is 9.84 Å². The zero-order valence-electron chi connectivity index (χ0n) is 8.83. The van der Waals surface area contributed by atoms with Crippen LogP contribution in [0.4, 0.5) is 4.39 Å². The molecule has 0 spiro atoms. The van der Waals surface area contributed by atoms with Crippen LogP contribution in [0.5, 0.6) is 0 Å². The van der Waals surface area contributed by atoms with Gasteiger partial charge in [-0.15, -0.1) is 0 Å². The second-order valence-corrected chi connectivity index (χ2v) is 4.99. The van der Waals surface area contributed by atoms with E-state index in [9.17, 15) is 9.50 Å². The van der Waals surface area contributed by atoms with Crippen LogP contribution in [0.3, 0.4) is 0 Å². The third kappa shape index (κ3) is 2.81. The lowest BCUT2D eigenvalue weighted by Gasteiger charge is -2.17. The maximum Gasteiger partial charge on any atom is 0.124 e. The zero-order valence-corrected chi connectivity index (χ0v) is 10.4. The average Bonchev–Trinajstić information content (AvgIpc) is 2.75. The first-order valence-electron chi connectivity index (χ1n) is 5.36. The topological polar surface area (TPSA) is 29.5 Å². The molecule has 2 atom stereocenters. The van der Waals surface area contributed by atoms with Crippen molar-refractivity contribution in [2.75, 3.05) is 13.2 Å². The van der Waals surface area contributed by atoms with E-state index in [4.69, 9.17) is 4.74 Å². The predicted molar refractivity (Wildman–Crippen MR) is 62.7 cm³/mol. The van der Waals surface area contributed by atoms with Gasteiger partial charge in [0.2, 0.25) is 0 Å². The van der Waals surface area contributed by atoms with Gasteiger partial charge in [-0.1, -0.05) is 22.0 Å². The maximum atomic E-state index is 12.9. The fourth-order valence-electron chi connectivity index (χ4n) is 1.94. The van der Waals surface area contributed by atoms with Gasteiger partial charge in [-0.2, -0.15) is 0 Å². The second-order valence-electron chi connectivity index (χ2n) is 4.13. The summed E-state index contributed by atoms with van der Waals surface area (Å²) < 4.78 is 18.8. The van der Waals surface area contributed by atoms with Crippen molar-refractivity contribution in [1.82, 2.24) is 0 Å². The lowest BCUT2D eigenvalue weighted by molar-refractivity contribution is 0.0917. The van der Waals surface area contributed by atoms with Gasteiger partial charge >= 0.3 is 0 Å². The van der Waals surface area contributed by atoms with Gasteiger partial charge in [0.05, 0.1) is 12.7 Å². The normalized spacial score (nSPS) is 22.3. The molecule has 0 amide bonds. The van der Waals surface area contributed by atoms with Gasteiger partial charge in [0, 0.05) is 17.0 Å². The Labute approximate surface area is 103 Å². The van der Waals surface area contributed by atoms with Gasteiger partial charge in [0.1, 0.15) is 5.82 Å². The Morgan fingerprint density at radius 2 is 2.38 bits per heavy atom. The molecule has 1 aromatic carbocycles. The van der Waals surface area contributed by atoms with Crippen LogP contribution in [0.25, 0.3) is 0 Å². The highest BCUT2D eigenvalue weighted by atomic mass is 79.9. The molecule has 16 heavy (non-hydrogen) atoms. The Bertz CT molecular complexity index is 364. The van der Waals surface area contributed by atoms with E-state index in [1.807, 2.05) is 0 Å². The Kier molecular flexibility index (Phi) is 3.95. The van der Waals surface area contributed by atoms with Crippen molar-refractivity contribution in [3.05, 3.63) is 34.1 Å². The van der Waals surface area contributed by atoms with Crippen LogP contribution in [0.1, 0.15) is 12.0 Å². The van der Waals surface area contributed by atoms with Crippen LogP contribution in [-0.4, -0.2) is 24.4 Å². The number of ether oxygens (including phenoxy) is 1. The van der Waals surface area contributed by atoms with Crippen molar-refractivity contribution in [3.63, 3.8) is 0 Å². The zero-order chi connectivity index (χ0) is 11.5. The molecule has 1 fully saturated rings. The third-order valence-corrected chi connectivity index (χ3v) is 3.69. The predicted octanol–water partition coefficient (Wildman–Crippen LogP) is 2.53. The maximum absolute atomic E-state index is 12.9. The van der Waals surface area contributed by atoms with Gasteiger partial charge in [-0.25, -0.2) is 4.39 Å². The summed E-state index contributed by atoms with van der Waals surface area (Å²) in [5.41, 5.74) is 0.931. The molecule has 2 rings (SSSR count). The first-order chi connectivity index (χ1) is 7.66. The van der Waals surface area contributed by atoms with E-state index in [1.54, 1.807) is 6.07 Å². The highest BCUT2D eigenvalue weighted by Crippen LogP contribution is 2.24. The largest absolute Gasteiger partial charge is 0.392 e. The SMILES string of the molecule is OC(Cc1ccc(F)cc1Br)C1CCOC1. The highest BCUT2D eigenvalue weighted by molar-refractivity contribution is 9.10. The van der Waals surface area contributed by atoms with Gasteiger partial charge in [-0.3, -0.25) is 0 Å². The van der Waals surface area contributed by atoms with E-state index in [0.29, 0.717) is 17.5 Å². The molecular weight excluding hydrogens is 275 g/mol. The molecule has 1 aliphatic rings. The van der Waals surface area contributed by atoms with Crippen LogP contribution in [0, 0.1) is 11.7 Å². The Balaban J connectivity index is 2.02. The van der Waals surface area contributed by atoms with Gasteiger partial charge in [-0.05, 0) is 30.5 Å². The van der Waals surface area contributed by atoms with E-state index >= 15 is 0 Å². The number of halogens is 2. The lowest BCUT2D eigenvalue weighted by Crippen LogP contribution is -2.23. The van der Waals surface area contributed by atoms with E-state index < -0.39 is 6.10 Å². The van der Waals surface area contributed by atoms with Crippen LogP contribution in [0.15, 0.2) is 22.7 Å². The highest BCUT2D eigenvalue weighted by Gasteiger charge is 2.24. The summed E-state index contributed by atoms with van der Waals surface area (Å²) in [7, 11) is 0. The van der Waals surface area contributed by atoms with Crippen molar-refractivity contribution in [2.24, 2.45) is 5.92 Å². The molecule has 0 saturated carbocycles. The first kappa shape index (κ1) is 12.0. The number of aliphatic hydroxyl groups excluding tert-OH is 1. The summed E-state index contributed by atoms with van der Waals surface area (Å²) in [5.74, 6) is -0.0636. The standard InChI is InChI=1S/C12H14BrFO2/c13-11-6-10(14)2-1-8(11)5-12(15)9-3-4-16-7-9/h1-2,6,9,12,15H,3-5,7H2. The average molecular weight is 289 g/mol. The molecule has 1 aromatic rings. The lowest BCUT2D eigenvalue weighted by atomic mass is 9.95. The quantitative estimate of drug-likeness (QED) is 0.926. The number of rotatable bonds is 3. The summed E-state index contributed by atoms with van der Waals surface area (Å²) in [6, 6.07) is 4.55. The molecule has 0 radical (unpaired) electrons. The minimum atomic E-state index is -0.413. The molecule has 88 valence electrons. The molecule has 0 aliphatic carbocycles. The summed E-state index contributed by atoms with van der Waals surface area (Å²) in [4.78, 5) is 0. The molecule has 0 bridgehead atoms. The Morgan fingerprint density at radius 3 is 3.00 bits per heavy atom. The van der Waals surface area contributed by atoms with Crippen LogP contribution >= 0.6 is 15.9 Å². The molecule has 1 saturated heterocycles. The van der Waals surface area contributed by atoms with Gasteiger partial charge in [0.25, 0.3) is 0 Å². The molecule has 0 aromatic heterocycles. The molecule has 2 unspecified atom stereocenters. The Morgan fingerprint density at radius 1 is 1.56 bits per heavy atom. The van der Waals surface area contributed by atoms with Crippen molar-refractivity contribution < 1.29 is 14.2 Å². The molecule has 1 aliphatic heterocycles. The number of hydrogen-bond donors (Lipinski definition) is 1. The molecular formula is C12H14BrFO2. The van der Waals surface area contributed by atoms with Crippen molar-refractivity contribution in [1.29, 1.82) is 0 Å². The number of aliphatic hydroxyl groups is 1. The van der Waals surface area contributed by atoms with E-state index in [-0.39, 0.29) is 11.7 Å². The van der Waals surface area contributed by atoms with Crippen LogP contribution in [0.2, 0.25) is 0 Å². The summed E-state index contributed by atoms with van der Waals surface area (Å²) >= 11 is 3.30. The minimum absolute atomic E-state index is 0.206. The Hall–Kier alpha value is -0.450. The fourth-order valence-corrected chi connectivity index (χ4v) is 2.45. The van der Waals surface area contributed by atoms with Crippen molar-refractivity contribution >= 4 is 15.9 Å². The molecule has 2 nitrogen and oxygen atoms in total. The van der Waals surface area contributed by atoms with Crippen molar-refractivity contribution in [2.45, 2.75) is 18.9 Å². The molecule has 4 heteroatoms. The molecule has 1 N–H and O–H groups in total. The fraction of sp³-hybridized carbons (Fsp3) is 0.500. The van der Waals surface area contributed by atoms with E-state index in [0.717, 1.165) is 18.6 Å². The minimum Gasteiger partial charge on any atom is -0.392 e. The number of hydrogen-bond acceptors (Lipinski definition) is 2. The molecule has 1 heterocycles. The first-order valence-corrected chi connectivity index (χ1v) is 6.16. The summed E-state index contributed by atoms with van der Waals surface area (Å²) in [6.07, 6.45) is 1.03. The van der Waals surface area contributed by atoms with Gasteiger partial charge in [0.15, 0.2) is 0 Å². The summed E-state index contributed by atoms with van der Waals surface area (Å²) in [6.45, 7) is 1.35.